The van der Waals surface area contributed by atoms with E-state index in [0.717, 1.165) is 89.2 Å². The van der Waals surface area contributed by atoms with Crippen LogP contribution in [0.4, 0.5) is 0 Å². The Kier molecular flexibility index (Phi) is 34.9. The fraction of sp³-hybridized carbons (Fsp3) is 0.711. The molecule has 5 atom stereocenters. The van der Waals surface area contributed by atoms with Gasteiger partial charge in [0.1, 0.15) is 23.5 Å². The maximum absolute atomic E-state index is 13.9. The first-order valence-corrected chi connectivity index (χ1v) is 27.6. The summed E-state index contributed by atoms with van der Waals surface area (Å²) in [5, 5.41) is 53.1. The molecule has 0 saturated heterocycles. The van der Waals surface area contributed by atoms with Crippen LogP contribution in [0.25, 0.3) is 0 Å². The number of hydrogen-bond donors (Lipinski definition) is 6. The molecule has 6 N–H and O–H groups in total. The van der Waals surface area contributed by atoms with Crippen LogP contribution in [-0.4, -0.2) is 81.3 Å². The Morgan fingerprint density at radius 2 is 1.20 bits per heavy atom. The first kappa shape index (κ1) is 69.7. The third-order valence-electron chi connectivity index (χ3n) is 12.1. The predicted molar refractivity (Wildman–Crippen MR) is 244 cm³/mol. The molecule has 0 radical (unpaired) electrons. The predicted octanol–water partition coefficient (Wildman–Crippen LogP) is -3.26. The largest absolute Gasteiger partial charge is 1.00 e. The van der Waals surface area contributed by atoms with Crippen molar-refractivity contribution in [2.75, 3.05) is 13.1 Å². The average molecular weight is 1080 g/mol. The fourth-order valence-electron chi connectivity index (χ4n) is 9.02. The summed E-state index contributed by atoms with van der Waals surface area (Å²) in [5.41, 5.74) is 0.0923. The molecule has 0 unspecified atom stereocenters. The summed E-state index contributed by atoms with van der Waals surface area (Å²) in [6, 6.07) is 6.31. The van der Waals surface area contributed by atoms with E-state index in [4.69, 9.17) is 12.5 Å². The number of amides is 1. The molecule has 3 rings (SSSR count). The van der Waals surface area contributed by atoms with Gasteiger partial charge in [0.15, 0.2) is 0 Å². The van der Waals surface area contributed by atoms with Crippen molar-refractivity contribution in [2.24, 2.45) is 5.92 Å². The summed E-state index contributed by atoms with van der Waals surface area (Å²) < 4.78 is 114. The molecule has 1 heterocycles. The van der Waals surface area contributed by atoms with E-state index < -0.39 is 78.2 Å². The fourth-order valence-corrected chi connectivity index (χ4v) is 10.6. The standard InChI is InChI=1S/C45H74N2O17S3.3Na/c1-3-4-5-12-15-18-33(2)27-42(64-67(59,60)61)41(63-66(56,57)58)21-20-39(62-65(53,54)55)19-16-13-10-8-6-7-9-11-14-17-24-45(43-35(23-26-47-45)30-38(50)32-40(43)51)44(52)46-25-22-34-28-36(48)31-37(49)29-34;;;/h28-33,39,41-42,47-51H,3-27H2,1-2H3,(H,46,52)(H,53,54,55)(H,56,57,58)(H,59,60,61);;;/q;3*+1/p-3/t33-,39+,41+,42+,45-;;;/m1.../s1. The van der Waals surface area contributed by atoms with Crippen LogP contribution in [0.15, 0.2) is 30.3 Å². The number of carbonyl (C=O) groups is 1. The molecule has 384 valence electrons. The topological polar surface area (TPSA) is 321 Å². The van der Waals surface area contributed by atoms with E-state index in [1.807, 2.05) is 0 Å². The van der Waals surface area contributed by atoms with Crippen LogP contribution < -0.4 is 115 Å². The minimum Gasteiger partial charge on any atom is -0.872 e. The van der Waals surface area contributed by atoms with Gasteiger partial charge in [0.25, 0.3) is 0 Å². The molecule has 70 heavy (non-hydrogen) atoms. The van der Waals surface area contributed by atoms with E-state index in [9.17, 15) is 64.1 Å². The number of phenolic OH excluding ortho intramolecular Hbond substituents is 1. The van der Waals surface area contributed by atoms with Crippen molar-refractivity contribution in [1.82, 2.24) is 10.6 Å². The van der Waals surface area contributed by atoms with Crippen LogP contribution in [0.2, 0.25) is 0 Å². The van der Waals surface area contributed by atoms with Gasteiger partial charge < -0.3 is 25.7 Å². The third-order valence-corrected chi connectivity index (χ3v) is 13.6. The van der Waals surface area contributed by atoms with Gasteiger partial charge in [0, 0.05) is 13.1 Å². The number of unbranched alkanes of at least 4 members (excludes halogenated alkanes) is 13. The van der Waals surface area contributed by atoms with Crippen LogP contribution in [0, 0.1) is 5.92 Å². The van der Waals surface area contributed by atoms with Crippen molar-refractivity contribution in [3.05, 3.63) is 47.0 Å². The van der Waals surface area contributed by atoms with E-state index in [1.54, 1.807) is 6.92 Å². The minimum atomic E-state index is -5.16. The van der Waals surface area contributed by atoms with Gasteiger partial charge in [-0.3, -0.25) is 23.8 Å². The molecule has 1 aliphatic rings. The van der Waals surface area contributed by atoms with Crippen LogP contribution in [0.3, 0.4) is 0 Å². The van der Waals surface area contributed by atoms with E-state index in [0.29, 0.717) is 61.8 Å². The number of phenols is 1. The molecule has 1 aliphatic heterocycles. The van der Waals surface area contributed by atoms with Gasteiger partial charge in [-0.1, -0.05) is 141 Å². The minimum absolute atomic E-state index is 0. The van der Waals surface area contributed by atoms with E-state index in [-0.39, 0.29) is 139 Å². The number of benzene rings is 2. The van der Waals surface area contributed by atoms with Gasteiger partial charge in [-0.25, -0.2) is 12.5 Å². The second kappa shape index (κ2) is 35.1. The Morgan fingerprint density at radius 1 is 0.686 bits per heavy atom. The normalized spacial score (nSPS) is 16.6. The Hall–Kier alpha value is -0.320. The van der Waals surface area contributed by atoms with Crippen LogP contribution >= 0.6 is 0 Å². The second-order valence-electron chi connectivity index (χ2n) is 17.8. The van der Waals surface area contributed by atoms with Gasteiger partial charge in [0.05, 0.1) is 6.10 Å². The second-order valence-corrected chi connectivity index (χ2v) is 21.0. The summed E-state index contributed by atoms with van der Waals surface area (Å²) in [5.74, 6) is -2.03. The Bertz CT molecular complexity index is 2160. The molecule has 25 heteroatoms. The Morgan fingerprint density at radius 3 is 1.76 bits per heavy atom. The molecule has 0 fully saturated rings. The van der Waals surface area contributed by atoms with Crippen molar-refractivity contribution < 1.29 is 165 Å². The number of rotatable bonds is 35. The zero-order chi connectivity index (χ0) is 49.7. The number of carbonyl (C=O) groups excluding carboxylic acids is 1. The van der Waals surface area contributed by atoms with Gasteiger partial charge >= 0.3 is 120 Å². The van der Waals surface area contributed by atoms with E-state index >= 15 is 0 Å². The van der Waals surface area contributed by atoms with Crippen LogP contribution in [0.1, 0.15) is 165 Å². The van der Waals surface area contributed by atoms with Gasteiger partial charge in [-0.05, 0) is 79.7 Å². The number of aromatic hydroxyl groups is 1. The Balaban J connectivity index is 0.0000159. The number of nitrogens with one attached hydrogen (secondary N) is 2. The molecular weight excluding hydrogens is 1010 g/mol. The van der Waals surface area contributed by atoms with Gasteiger partial charge in [-0.2, -0.15) is 25.3 Å². The zero-order valence-corrected chi connectivity index (χ0v) is 50.1. The van der Waals surface area contributed by atoms with Crippen molar-refractivity contribution >= 4 is 37.1 Å². The molecule has 0 aliphatic carbocycles. The quantitative estimate of drug-likeness (QED) is 0.0224. The summed E-state index contributed by atoms with van der Waals surface area (Å²) >= 11 is 0. The van der Waals surface area contributed by atoms with Gasteiger partial charge in [-0.15, -0.1) is 11.5 Å². The molecule has 0 aromatic heterocycles. The molecule has 0 saturated carbocycles. The van der Waals surface area contributed by atoms with Crippen LogP contribution in [-0.2, 0) is 66.9 Å². The third kappa shape index (κ3) is 28.0. The summed E-state index contributed by atoms with van der Waals surface area (Å²) in [6.45, 7) is 4.42. The summed E-state index contributed by atoms with van der Waals surface area (Å²) in [6.07, 6.45) is 9.45. The first-order chi connectivity index (χ1) is 31.5. The maximum Gasteiger partial charge on any atom is 1.00 e. The van der Waals surface area contributed by atoms with Crippen molar-refractivity contribution in [3.8, 4) is 23.0 Å². The zero-order valence-electron chi connectivity index (χ0n) is 41.7. The monoisotopic (exact) mass is 1080 g/mol. The Labute approximate surface area is 482 Å². The SMILES string of the molecule is CCCCCCC[C@@H](C)C[C@H](OS(=O)(=O)O)[C@H](CC[C@H](CCCCCCCCCCCC[C@@]1(C(=O)NCCc2cc([O-])cc([O-])c2)NCCc2cc(O)cc([O-])c21)OS(=O)(=O)O)OS(=O)(=O)O.[Na+].[Na+].[Na+]. The average Bonchev–Trinajstić information content (AvgIpc) is 3.20. The molecule has 2 aromatic rings. The molecule has 19 nitrogen and oxygen atoms in total. The van der Waals surface area contributed by atoms with Crippen molar-refractivity contribution in [2.45, 2.75) is 185 Å². The van der Waals surface area contributed by atoms with Crippen molar-refractivity contribution in [1.29, 1.82) is 0 Å². The smallest absolute Gasteiger partial charge is 0.872 e. The summed E-state index contributed by atoms with van der Waals surface area (Å²) in [4.78, 5) is 13.9. The van der Waals surface area contributed by atoms with Gasteiger partial charge in [0.2, 0.25) is 5.91 Å². The molecule has 2 aromatic carbocycles. The van der Waals surface area contributed by atoms with E-state index in [2.05, 4.69) is 17.6 Å². The molecule has 1 amide bonds. The molecular formula is C45H71N2Na3O17S3. The summed E-state index contributed by atoms with van der Waals surface area (Å²) in [7, 11) is -15.2. The molecule has 0 spiro atoms. The maximum atomic E-state index is 13.9. The molecule has 0 bridgehead atoms. The van der Waals surface area contributed by atoms with Crippen LogP contribution in [0.5, 0.6) is 23.0 Å². The number of fused-ring (bicyclic) bond motifs is 1. The first-order valence-electron chi connectivity index (χ1n) is 23.5. The van der Waals surface area contributed by atoms with Crippen molar-refractivity contribution in [3.63, 3.8) is 0 Å². The van der Waals surface area contributed by atoms with E-state index in [1.165, 1.54) is 18.2 Å². The number of hydrogen-bond acceptors (Lipinski definition) is 15.